The van der Waals surface area contributed by atoms with Crippen LogP contribution >= 0.6 is 0 Å². The summed E-state index contributed by atoms with van der Waals surface area (Å²) in [5.41, 5.74) is 0. The van der Waals surface area contributed by atoms with Gasteiger partial charge in [-0.2, -0.15) is 0 Å². The molecule has 0 aromatic heterocycles. The normalized spacial score (nSPS) is 23.3. The maximum atomic E-state index is 8.66. The summed E-state index contributed by atoms with van der Waals surface area (Å²) in [4.78, 5) is 0. The number of rotatable bonds is 3. The maximum Gasteiger partial charge on any atom is 0.0516 e. The highest BCUT2D eigenvalue weighted by Crippen LogP contribution is 2.18. The Labute approximate surface area is 55.8 Å². The highest BCUT2D eigenvalue weighted by molar-refractivity contribution is 4.67. The number of hydrogen-bond donors (Lipinski definition) is 1. The maximum absolute atomic E-state index is 8.66. The molecular weight excluding hydrogens is 116 g/mol. The fraction of sp³-hybridized carbons (Fsp3) is 1.00. The Morgan fingerprint density at radius 2 is 2.33 bits per heavy atom. The molecule has 1 heterocycles. The van der Waals surface area contributed by atoms with Crippen molar-refractivity contribution in [2.75, 3.05) is 19.8 Å². The number of ether oxygens (including phenoxy) is 1. The number of hydrogen-bond acceptors (Lipinski definition) is 2. The number of aliphatic hydroxyl groups excluding tert-OH is 1. The summed E-state index contributed by atoms with van der Waals surface area (Å²) in [6, 6.07) is 0. The molecule has 0 radical (unpaired) electrons. The smallest absolute Gasteiger partial charge is 0.0516 e. The van der Waals surface area contributed by atoms with E-state index in [1.807, 2.05) is 0 Å². The first-order valence-electron chi connectivity index (χ1n) is 3.51. The Bertz CT molecular complexity index is 76.2. The molecule has 1 saturated heterocycles. The Balaban J connectivity index is 2.01. The summed E-state index contributed by atoms with van der Waals surface area (Å²) >= 11 is 0. The second-order valence-corrected chi connectivity index (χ2v) is 2.93. The van der Waals surface area contributed by atoms with Crippen LogP contribution in [0, 0.1) is 11.8 Å². The van der Waals surface area contributed by atoms with Gasteiger partial charge in [-0.15, -0.1) is 0 Å². The second kappa shape index (κ2) is 3.18. The van der Waals surface area contributed by atoms with Crippen LogP contribution in [0.5, 0.6) is 0 Å². The zero-order chi connectivity index (χ0) is 6.69. The van der Waals surface area contributed by atoms with Crippen LogP contribution < -0.4 is 0 Å². The minimum atomic E-state index is 0.316. The van der Waals surface area contributed by atoms with Gasteiger partial charge in [-0.3, -0.25) is 0 Å². The van der Waals surface area contributed by atoms with Crippen molar-refractivity contribution in [1.82, 2.24) is 0 Å². The molecule has 1 unspecified atom stereocenters. The molecule has 0 aliphatic carbocycles. The zero-order valence-electron chi connectivity index (χ0n) is 5.84. The minimum absolute atomic E-state index is 0.316. The predicted molar refractivity (Wildman–Crippen MR) is 35.2 cm³/mol. The fourth-order valence-corrected chi connectivity index (χ4v) is 1.06. The molecule has 1 N–H and O–H groups in total. The third-order valence-electron chi connectivity index (χ3n) is 1.75. The lowest BCUT2D eigenvalue weighted by Gasteiger charge is -2.27. The van der Waals surface area contributed by atoms with E-state index < -0.39 is 0 Å². The third-order valence-corrected chi connectivity index (χ3v) is 1.75. The highest BCUT2D eigenvalue weighted by Gasteiger charge is 2.19. The summed E-state index contributed by atoms with van der Waals surface area (Å²) in [7, 11) is 0. The van der Waals surface area contributed by atoms with Gasteiger partial charge in [0.15, 0.2) is 0 Å². The van der Waals surface area contributed by atoms with Crippen molar-refractivity contribution >= 4 is 0 Å². The van der Waals surface area contributed by atoms with Gasteiger partial charge >= 0.3 is 0 Å². The van der Waals surface area contributed by atoms with Crippen LogP contribution in [-0.4, -0.2) is 24.9 Å². The second-order valence-electron chi connectivity index (χ2n) is 2.93. The van der Waals surface area contributed by atoms with Crippen molar-refractivity contribution in [2.45, 2.75) is 13.3 Å². The summed E-state index contributed by atoms with van der Waals surface area (Å²) in [6.07, 6.45) is 1.12. The minimum Gasteiger partial charge on any atom is -0.396 e. The first kappa shape index (κ1) is 7.03. The number of aliphatic hydroxyl groups is 1. The van der Waals surface area contributed by atoms with Crippen molar-refractivity contribution in [1.29, 1.82) is 0 Å². The van der Waals surface area contributed by atoms with E-state index in [2.05, 4.69) is 6.92 Å². The van der Waals surface area contributed by atoms with Crippen LogP contribution in [0.3, 0.4) is 0 Å². The first-order chi connectivity index (χ1) is 4.33. The molecule has 2 nitrogen and oxygen atoms in total. The topological polar surface area (TPSA) is 29.5 Å². The molecule has 54 valence electrons. The molecule has 0 amide bonds. The molecule has 1 rings (SSSR count). The molecule has 1 atom stereocenters. The van der Waals surface area contributed by atoms with Gasteiger partial charge in [-0.05, 0) is 12.3 Å². The van der Waals surface area contributed by atoms with E-state index in [-0.39, 0.29) is 0 Å². The van der Waals surface area contributed by atoms with Crippen molar-refractivity contribution in [2.24, 2.45) is 11.8 Å². The molecule has 1 fully saturated rings. The van der Waals surface area contributed by atoms with Crippen LogP contribution in [0.25, 0.3) is 0 Å². The summed E-state index contributed by atoms with van der Waals surface area (Å²) < 4.78 is 5.00. The lowest BCUT2D eigenvalue weighted by atomic mass is 9.95. The molecule has 1 aliphatic heterocycles. The molecule has 0 spiro atoms. The predicted octanol–water partition coefficient (Wildman–Crippen LogP) is 0.651. The van der Waals surface area contributed by atoms with Gasteiger partial charge in [0.25, 0.3) is 0 Å². The Kier molecular flexibility index (Phi) is 2.49. The summed E-state index contributed by atoms with van der Waals surface area (Å²) in [5.74, 6) is 1.19. The lowest BCUT2D eigenvalue weighted by molar-refractivity contribution is -0.0443. The molecule has 0 aromatic carbocycles. The molecule has 0 saturated carbocycles. The Morgan fingerprint density at radius 1 is 1.67 bits per heavy atom. The Hall–Kier alpha value is -0.0800. The van der Waals surface area contributed by atoms with E-state index in [1.54, 1.807) is 0 Å². The molecule has 9 heavy (non-hydrogen) atoms. The monoisotopic (exact) mass is 130 g/mol. The first-order valence-corrected chi connectivity index (χ1v) is 3.51. The molecule has 1 aliphatic rings. The van der Waals surface area contributed by atoms with Gasteiger partial charge in [0.05, 0.1) is 13.2 Å². The summed E-state index contributed by atoms with van der Waals surface area (Å²) in [5, 5.41) is 8.66. The standard InChI is InChI=1S/C7H14O2/c1-6(3-8)2-7-4-9-5-7/h6-8H,2-5H2,1H3. The van der Waals surface area contributed by atoms with Gasteiger partial charge in [0, 0.05) is 12.5 Å². The highest BCUT2D eigenvalue weighted by atomic mass is 16.5. The SMILES string of the molecule is CC(CO)CC1COC1. The zero-order valence-corrected chi connectivity index (χ0v) is 5.84. The van der Waals surface area contributed by atoms with Crippen molar-refractivity contribution in [3.05, 3.63) is 0 Å². The Morgan fingerprint density at radius 3 is 2.67 bits per heavy atom. The lowest BCUT2D eigenvalue weighted by Crippen LogP contribution is -2.29. The van der Waals surface area contributed by atoms with Crippen LogP contribution in [0.2, 0.25) is 0 Å². The van der Waals surface area contributed by atoms with Gasteiger partial charge in [-0.25, -0.2) is 0 Å². The van der Waals surface area contributed by atoms with E-state index >= 15 is 0 Å². The third kappa shape index (κ3) is 1.95. The average Bonchev–Trinajstić information content (AvgIpc) is 1.78. The van der Waals surface area contributed by atoms with Crippen molar-refractivity contribution in [3.8, 4) is 0 Å². The molecule has 0 aromatic rings. The molecule has 2 heteroatoms. The van der Waals surface area contributed by atoms with Gasteiger partial charge in [0.2, 0.25) is 0 Å². The fourth-order valence-electron chi connectivity index (χ4n) is 1.06. The van der Waals surface area contributed by atoms with Crippen LogP contribution in [0.1, 0.15) is 13.3 Å². The van der Waals surface area contributed by atoms with Crippen molar-refractivity contribution < 1.29 is 9.84 Å². The summed E-state index contributed by atoms with van der Waals surface area (Å²) in [6.45, 7) is 4.20. The van der Waals surface area contributed by atoms with Crippen LogP contribution in [0.4, 0.5) is 0 Å². The van der Waals surface area contributed by atoms with Gasteiger partial charge < -0.3 is 9.84 Å². The molecular formula is C7H14O2. The van der Waals surface area contributed by atoms with E-state index in [0.717, 1.165) is 25.6 Å². The largest absolute Gasteiger partial charge is 0.396 e. The van der Waals surface area contributed by atoms with E-state index in [0.29, 0.717) is 12.5 Å². The van der Waals surface area contributed by atoms with Crippen LogP contribution in [-0.2, 0) is 4.74 Å². The van der Waals surface area contributed by atoms with Crippen molar-refractivity contribution in [3.63, 3.8) is 0 Å². The van der Waals surface area contributed by atoms with E-state index in [1.165, 1.54) is 0 Å². The van der Waals surface area contributed by atoms with Gasteiger partial charge in [0.1, 0.15) is 0 Å². The van der Waals surface area contributed by atoms with Gasteiger partial charge in [-0.1, -0.05) is 6.92 Å². The van der Waals surface area contributed by atoms with E-state index in [9.17, 15) is 0 Å². The average molecular weight is 130 g/mol. The molecule has 0 bridgehead atoms. The van der Waals surface area contributed by atoms with E-state index in [4.69, 9.17) is 9.84 Å². The quantitative estimate of drug-likeness (QED) is 0.608. The van der Waals surface area contributed by atoms with Crippen LogP contribution in [0.15, 0.2) is 0 Å².